The van der Waals surface area contributed by atoms with Crippen LogP contribution in [0.5, 0.6) is 0 Å². The van der Waals surface area contributed by atoms with Gasteiger partial charge in [0.15, 0.2) is 0 Å². The van der Waals surface area contributed by atoms with Crippen molar-refractivity contribution < 1.29 is 19.0 Å². The minimum atomic E-state index is -1.64. The number of allylic oxidation sites excluding steroid dienone is 3. The summed E-state index contributed by atoms with van der Waals surface area (Å²) >= 11 is 0. The van der Waals surface area contributed by atoms with Gasteiger partial charge in [-0.15, -0.1) is 0 Å². The van der Waals surface area contributed by atoms with Crippen molar-refractivity contribution in [1.29, 1.82) is 0 Å². The lowest BCUT2D eigenvalue weighted by molar-refractivity contribution is -0.140. The molecule has 0 bridgehead atoms. The van der Waals surface area contributed by atoms with Crippen LogP contribution in [0.25, 0.3) is 0 Å². The molecule has 0 aliphatic heterocycles. The van der Waals surface area contributed by atoms with E-state index in [4.69, 9.17) is 5.73 Å². The molecular weight excluding hydrogens is 312 g/mol. The van der Waals surface area contributed by atoms with Crippen LogP contribution in [0.15, 0.2) is 24.0 Å². The van der Waals surface area contributed by atoms with Gasteiger partial charge in [0.25, 0.3) is 0 Å². The number of aliphatic hydroxyl groups excluding tert-OH is 2. The Morgan fingerprint density at radius 2 is 1.96 bits per heavy atom. The second kappa shape index (κ2) is 4.82. The molecule has 0 aromatic heterocycles. The zero-order valence-corrected chi connectivity index (χ0v) is 14.3. The van der Waals surface area contributed by atoms with Gasteiger partial charge < -0.3 is 15.9 Å². The number of hydrogen-bond acceptors (Lipinski definition) is 3. The molecule has 4 rings (SSSR count). The van der Waals surface area contributed by atoms with Crippen molar-refractivity contribution in [3.8, 4) is 0 Å². The molecule has 0 aromatic carbocycles. The predicted molar refractivity (Wildman–Crippen MR) is 87.7 cm³/mol. The molecule has 134 valence electrons. The van der Waals surface area contributed by atoms with Gasteiger partial charge in [0.05, 0.1) is 17.8 Å². The number of nitrogens with two attached hydrogens (primary N) is 1. The largest absolute Gasteiger partial charge is 0.512 e. The zero-order chi connectivity index (χ0) is 17.5. The maximum absolute atomic E-state index is 16.5. The number of rotatable bonds is 0. The SMILES string of the molecule is C[C@]12CC[C@@]3(F)[C@@H](C(O)=CC4C[C@H](O)C=C[C@@]43C)[C@@H]1C[C@@H](F)[C@@H]2N. The highest BCUT2D eigenvalue weighted by molar-refractivity contribution is 5.33. The van der Waals surface area contributed by atoms with Crippen LogP contribution in [-0.2, 0) is 0 Å². The van der Waals surface area contributed by atoms with Gasteiger partial charge in [0.1, 0.15) is 11.8 Å². The van der Waals surface area contributed by atoms with E-state index in [1.54, 1.807) is 18.2 Å². The fourth-order valence-electron chi connectivity index (χ4n) is 6.17. The molecule has 4 N–H and O–H groups in total. The molecule has 9 atom stereocenters. The van der Waals surface area contributed by atoms with Crippen LogP contribution in [0.3, 0.4) is 0 Å². The Bertz CT molecular complexity index is 622. The van der Waals surface area contributed by atoms with E-state index in [9.17, 15) is 14.6 Å². The van der Waals surface area contributed by atoms with Crippen LogP contribution in [0, 0.1) is 28.6 Å². The highest BCUT2D eigenvalue weighted by atomic mass is 19.1. The average Bonchev–Trinajstić information content (AvgIpc) is 2.74. The van der Waals surface area contributed by atoms with E-state index in [2.05, 4.69) is 0 Å². The first-order valence-electron chi connectivity index (χ1n) is 9.00. The molecule has 1 unspecified atom stereocenters. The van der Waals surface area contributed by atoms with Gasteiger partial charge in [-0.3, -0.25) is 0 Å². The lowest BCUT2D eigenvalue weighted by Crippen LogP contribution is -2.63. The van der Waals surface area contributed by atoms with E-state index in [0.717, 1.165) is 0 Å². The Kier molecular flexibility index (Phi) is 3.32. The minimum Gasteiger partial charge on any atom is -0.512 e. The van der Waals surface area contributed by atoms with Crippen LogP contribution in [0.2, 0.25) is 0 Å². The number of alkyl halides is 2. The summed E-state index contributed by atoms with van der Waals surface area (Å²) in [5.41, 5.74) is 3.20. The first-order valence-corrected chi connectivity index (χ1v) is 9.00. The Labute approximate surface area is 141 Å². The van der Waals surface area contributed by atoms with E-state index in [0.29, 0.717) is 12.8 Å². The van der Waals surface area contributed by atoms with E-state index < -0.39 is 40.7 Å². The summed E-state index contributed by atoms with van der Waals surface area (Å²) in [6.45, 7) is 3.82. The highest BCUT2D eigenvalue weighted by Crippen LogP contribution is 2.67. The molecule has 4 aliphatic rings. The molecular formula is C19H27F2NO2. The first-order chi connectivity index (χ1) is 11.1. The third-order valence-corrected chi connectivity index (χ3v) is 7.92. The van der Waals surface area contributed by atoms with Crippen molar-refractivity contribution in [1.82, 2.24) is 0 Å². The van der Waals surface area contributed by atoms with E-state index in [1.807, 2.05) is 13.8 Å². The van der Waals surface area contributed by atoms with Crippen LogP contribution >= 0.6 is 0 Å². The maximum atomic E-state index is 16.5. The summed E-state index contributed by atoms with van der Waals surface area (Å²) in [6.07, 6.45) is 4.79. The molecule has 5 heteroatoms. The van der Waals surface area contributed by atoms with Crippen molar-refractivity contribution in [3.05, 3.63) is 24.0 Å². The number of halogens is 2. The van der Waals surface area contributed by atoms with Crippen LogP contribution in [0.4, 0.5) is 8.78 Å². The normalized spacial score (nSPS) is 59.3. The number of hydrogen-bond donors (Lipinski definition) is 3. The smallest absolute Gasteiger partial charge is 0.130 e. The summed E-state index contributed by atoms with van der Waals surface area (Å²) in [6, 6.07) is -0.603. The Balaban J connectivity index is 1.83. The lowest BCUT2D eigenvalue weighted by Gasteiger charge is -2.60. The van der Waals surface area contributed by atoms with Crippen molar-refractivity contribution in [3.63, 3.8) is 0 Å². The van der Waals surface area contributed by atoms with Gasteiger partial charge in [-0.05, 0) is 49.0 Å². The standard InChI is InChI=1S/C19H27F2NO2/c1-17-5-6-19(21)15(12(17)9-13(20)16(17)22)14(24)8-10-7-11(23)3-4-18(10,19)2/h3-4,8,10-13,15-16,23-24H,5-7,9,22H2,1-2H3/t10?,11-,12+,13-,15-,16+,17+,18+,19-/m1/s1. The van der Waals surface area contributed by atoms with Crippen LogP contribution in [-0.4, -0.2) is 34.2 Å². The third-order valence-electron chi connectivity index (χ3n) is 7.92. The minimum absolute atomic E-state index is 0.0275. The molecule has 0 aromatic rings. The van der Waals surface area contributed by atoms with E-state index in [-0.39, 0.29) is 30.4 Å². The monoisotopic (exact) mass is 339 g/mol. The maximum Gasteiger partial charge on any atom is 0.130 e. The van der Waals surface area contributed by atoms with Gasteiger partial charge in [0.2, 0.25) is 0 Å². The molecule has 2 saturated carbocycles. The second-order valence-corrected chi connectivity index (χ2v) is 8.87. The molecule has 3 nitrogen and oxygen atoms in total. The Hall–Kier alpha value is -0.940. The fraction of sp³-hybridized carbons (Fsp3) is 0.789. The summed E-state index contributed by atoms with van der Waals surface area (Å²) in [5.74, 6) is -1.24. The average molecular weight is 339 g/mol. The van der Waals surface area contributed by atoms with Crippen LogP contribution in [0.1, 0.15) is 39.5 Å². The van der Waals surface area contributed by atoms with Crippen molar-refractivity contribution in [2.45, 2.75) is 63.5 Å². The van der Waals surface area contributed by atoms with Gasteiger partial charge in [-0.1, -0.05) is 26.0 Å². The Morgan fingerprint density at radius 1 is 1.25 bits per heavy atom. The summed E-state index contributed by atoms with van der Waals surface area (Å²) in [7, 11) is 0. The number of aliphatic hydroxyl groups is 2. The van der Waals surface area contributed by atoms with Crippen LogP contribution < -0.4 is 5.73 Å². The van der Waals surface area contributed by atoms with Gasteiger partial charge in [0, 0.05) is 11.5 Å². The molecule has 4 aliphatic carbocycles. The summed E-state index contributed by atoms with van der Waals surface area (Å²) in [4.78, 5) is 0. The Morgan fingerprint density at radius 3 is 2.67 bits per heavy atom. The predicted octanol–water partition coefficient (Wildman–Crippen LogP) is 3.20. The van der Waals surface area contributed by atoms with Gasteiger partial charge in [-0.25, -0.2) is 8.78 Å². The molecule has 0 radical (unpaired) electrons. The van der Waals surface area contributed by atoms with Gasteiger partial charge >= 0.3 is 0 Å². The topological polar surface area (TPSA) is 66.5 Å². The molecule has 0 heterocycles. The molecule has 0 amide bonds. The van der Waals surface area contributed by atoms with Crippen molar-refractivity contribution >= 4 is 0 Å². The number of fused-ring (bicyclic) bond motifs is 5. The third kappa shape index (κ3) is 1.78. The van der Waals surface area contributed by atoms with Crippen molar-refractivity contribution in [2.75, 3.05) is 0 Å². The highest BCUT2D eigenvalue weighted by Gasteiger charge is 2.69. The summed E-state index contributed by atoms with van der Waals surface area (Å²) < 4.78 is 30.8. The zero-order valence-electron chi connectivity index (χ0n) is 14.3. The summed E-state index contributed by atoms with van der Waals surface area (Å²) in [5, 5.41) is 20.6. The van der Waals surface area contributed by atoms with Crippen molar-refractivity contribution in [2.24, 2.45) is 34.3 Å². The first kappa shape index (κ1) is 16.5. The van der Waals surface area contributed by atoms with Gasteiger partial charge in [-0.2, -0.15) is 0 Å². The van der Waals surface area contributed by atoms with E-state index >= 15 is 4.39 Å². The second-order valence-electron chi connectivity index (χ2n) is 8.87. The lowest BCUT2D eigenvalue weighted by atomic mass is 9.46. The molecule has 24 heavy (non-hydrogen) atoms. The quantitative estimate of drug-likeness (QED) is 0.594. The fourth-order valence-corrected chi connectivity index (χ4v) is 6.17. The molecule has 0 spiro atoms. The molecule has 2 fully saturated rings. The van der Waals surface area contributed by atoms with E-state index in [1.165, 1.54) is 0 Å². The molecule has 0 saturated heterocycles.